The Morgan fingerprint density at radius 3 is 2.33 bits per heavy atom. The lowest BCUT2D eigenvalue weighted by molar-refractivity contribution is -0.137. The molecule has 7 heteroatoms. The second-order valence-electron chi connectivity index (χ2n) is 3.93. The Balaban J connectivity index is 2.26. The van der Waals surface area contributed by atoms with Gasteiger partial charge in [0.2, 0.25) is 0 Å². The number of alkyl halides is 3. The molecule has 0 spiro atoms. The smallest absolute Gasteiger partial charge is 0.381 e. The third-order valence-electron chi connectivity index (χ3n) is 2.45. The van der Waals surface area contributed by atoms with Gasteiger partial charge in [-0.25, -0.2) is 9.97 Å². The summed E-state index contributed by atoms with van der Waals surface area (Å²) in [6, 6.07) is 6.17. The molecule has 104 valence electrons. The van der Waals surface area contributed by atoms with Gasteiger partial charge >= 0.3 is 6.18 Å². The van der Waals surface area contributed by atoms with Crippen LogP contribution in [-0.2, 0) is 6.18 Å². The first kappa shape index (κ1) is 14.4. The fraction of sp³-hybridized carbons (Fsp3) is 0.0714. The SMILES string of the molecule is N#Cc1nc(C#Cc2ccc(C(F)(F)F)cc2)cnc1N. The van der Waals surface area contributed by atoms with Crippen LogP contribution in [0, 0.1) is 23.2 Å². The molecule has 4 nitrogen and oxygen atoms in total. The van der Waals surface area contributed by atoms with Crippen LogP contribution in [-0.4, -0.2) is 9.97 Å². The summed E-state index contributed by atoms with van der Waals surface area (Å²) in [7, 11) is 0. The molecule has 2 rings (SSSR count). The van der Waals surface area contributed by atoms with Crippen LogP contribution in [0.1, 0.15) is 22.5 Å². The highest BCUT2D eigenvalue weighted by molar-refractivity contribution is 5.46. The van der Waals surface area contributed by atoms with Crippen molar-refractivity contribution < 1.29 is 13.2 Å². The molecule has 0 aliphatic rings. The number of nitrogens with two attached hydrogens (primary N) is 1. The summed E-state index contributed by atoms with van der Waals surface area (Å²) >= 11 is 0. The molecule has 0 radical (unpaired) electrons. The van der Waals surface area contributed by atoms with Gasteiger partial charge in [-0.2, -0.15) is 18.4 Å². The molecule has 0 saturated carbocycles. The second-order valence-corrected chi connectivity index (χ2v) is 3.93. The molecule has 0 fully saturated rings. The van der Waals surface area contributed by atoms with Gasteiger partial charge in [0.1, 0.15) is 11.8 Å². The van der Waals surface area contributed by atoms with E-state index in [2.05, 4.69) is 21.8 Å². The van der Waals surface area contributed by atoms with E-state index < -0.39 is 11.7 Å². The first-order valence-electron chi connectivity index (χ1n) is 5.62. The van der Waals surface area contributed by atoms with Crippen molar-refractivity contribution in [3.05, 3.63) is 53.0 Å². The minimum absolute atomic E-state index is 0.00224. The van der Waals surface area contributed by atoms with E-state index in [9.17, 15) is 13.2 Å². The van der Waals surface area contributed by atoms with E-state index in [1.807, 2.05) is 0 Å². The van der Waals surface area contributed by atoms with E-state index in [4.69, 9.17) is 11.0 Å². The maximum atomic E-state index is 12.4. The number of nitrogens with zero attached hydrogens (tertiary/aromatic N) is 3. The number of nitriles is 1. The predicted molar refractivity (Wildman–Crippen MR) is 68.6 cm³/mol. The van der Waals surface area contributed by atoms with Crippen LogP contribution in [0.4, 0.5) is 19.0 Å². The summed E-state index contributed by atoms with van der Waals surface area (Å²) in [5.41, 5.74) is 5.22. The van der Waals surface area contributed by atoms with E-state index in [0.29, 0.717) is 5.56 Å². The minimum Gasteiger partial charge on any atom is -0.381 e. The highest BCUT2D eigenvalue weighted by atomic mass is 19.4. The summed E-state index contributed by atoms with van der Waals surface area (Å²) in [4.78, 5) is 7.61. The fourth-order valence-electron chi connectivity index (χ4n) is 1.42. The molecule has 2 N–H and O–H groups in total. The molecule has 0 amide bonds. The molecule has 0 saturated heterocycles. The number of nitrogen functional groups attached to an aromatic ring is 1. The summed E-state index contributed by atoms with van der Waals surface area (Å²) in [6.07, 6.45) is -3.09. The number of benzene rings is 1. The molecule has 0 aliphatic heterocycles. The Labute approximate surface area is 118 Å². The van der Waals surface area contributed by atoms with Gasteiger partial charge in [0.25, 0.3) is 0 Å². The monoisotopic (exact) mass is 288 g/mol. The van der Waals surface area contributed by atoms with Crippen LogP contribution in [0.3, 0.4) is 0 Å². The van der Waals surface area contributed by atoms with Crippen molar-refractivity contribution in [2.24, 2.45) is 0 Å². The first-order chi connectivity index (χ1) is 9.90. The third-order valence-corrected chi connectivity index (χ3v) is 2.45. The molecule has 21 heavy (non-hydrogen) atoms. The van der Waals surface area contributed by atoms with Crippen molar-refractivity contribution in [2.75, 3.05) is 5.73 Å². The normalized spacial score (nSPS) is 10.4. The number of hydrogen-bond acceptors (Lipinski definition) is 4. The van der Waals surface area contributed by atoms with Crippen molar-refractivity contribution >= 4 is 5.82 Å². The molecule has 0 bridgehead atoms. The van der Waals surface area contributed by atoms with E-state index in [1.54, 1.807) is 6.07 Å². The molecule has 0 aliphatic carbocycles. The van der Waals surface area contributed by atoms with Crippen molar-refractivity contribution in [2.45, 2.75) is 6.18 Å². The molecule has 0 atom stereocenters. The highest BCUT2D eigenvalue weighted by Crippen LogP contribution is 2.28. The Morgan fingerprint density at radius 1 is 1.10 bits per heavy atom. The largest absolute Gasteiger partial charge is 0.416 e. The summed E-state index contributed by atoms with van der Waals surface area (Å²) in [5, 5.41) is 8.75. The standard InChI is InChI=1S/C14H7F3N4/c15-14(16,17)10-4-1-9(2-5-10)3-6-11-8-20-13(19)12(7-18)21-11/h1-2,4-5,8H,(H2,19,20). The lowest BCUT2D eigenvalue weighted by Gasteiger charge is -2.05. The molecular weight excluding hydrogens is 281 g/mol. The van der Waals surface area contributed by atoms with E-state index in [0.717, 1.165) is 12.1 Å². The number of rotatable bonds is 0. The van der Waals surface area contributed by atoms with Crippen LogP contribution in [0.5, 0.6) is 0 Å². The predicted octanol–water partition coefficient (Wildman–Crippen LogP) is 2.35. The Kier molecular flexibility index (Phi) is 3.77. The van der Waals surface area contributed by atoms with Gasteiger partial charge in [-0.15, -0.1) is 0 Å². The first-order valence-corrected chi connectivity index (χ1v) is 5.62. The average molecular weight is 288 g/mol. The Bertz CT molecular complexity index is 762. The summed E-state index contributed by atoms with van der Waals surface area (Å²) < 4.78 is 37.2. The zero-order valence-electron chi connectivity index (χ0n) is 10.4. The topological polar surface area (TPSA) is 75.6 Å². The lowest BCUT2D eigenvalue weighted by atomic mass is 10.1. The maximum absolute atomic E-state index is 12.4. The molecule has 0 unspecified atom stereocenters. The maximum Gasteiger partial charge on any atom is 0.416 e. The van der Waals surface area contributed by atoms with Crippen molar-refractivity contribution in [3.63, 3.8) is 0 Å². The third kappa shape index (κ3) is 3.48. The summed E-state index contributed by atoms with van der Waals surface area (Å²) in [5.74, 6) is 5.25. The van der Waals surface area contributed by atoms with E-state index in [-0.39, 0.29) is 17.2 Å². The molecular formula is C14H7F3N4. The zero-order chi connectivity index (χ0) is 15.5. The number of halogens is 3. The number of aromatic nitrogens is 2. The van der Waals surface area contributed by atoms with Crippen LogP contribution >= 0.6 is 0 Å². The Hall–Kier alpha value is -3.06. The highest BCUT2D eigenvalue weighted by Gasteiger charge is 2.29. The van der Waals surface area contributed by atoms with Crippen LogP contribution in [0.25, 0.3) is 0 Å². The molecule has 1 heterocycles. The van der Waals surface area contributed by atoms with Crippen LogP contribution in [0.15, 0.2) is 30.5 Å². The number of anilines is 1. The quantitative estimate of drug-likeness (QED) is 0.755. The van der Waals surface area contributed by atoms with Gasteiger partial charge in [0.15, 0.2) is 11.5 Å². The van der Waals surface area contributed by atoms with Crippen molar-refractivity contribution in [1.82, 2.24) is 9.97 Å². The summed E-state index contributed by atoms with van der Waals surface area (Å²) in [6.45, 7) is 0. The van der Waals surface area contributed by atoms with Gasteiger partial charge in [-0.3, -0.25) is 0 Å². The van der Waals surface area contributed by atoms with E-state index >= 15 is 0 Å². The van der Waals surface area contributed by atoms with Crippen LogP contribution < -0.4 is 5.73 Å². The van der Waals surface area contributed by atoms with Gasteiger partial charge in [-0.05, 0) is 30.2 Å². The average Bonchev–Trinajstić information content (AvgIpc) is 2.46. The molecule has 2 aromatic rings. The zero-order valence-corrected chi connectivity index (χ0v) is 10.4. The lowest BCUT2D eigenvalue weighted by Crippen LogP contribution is -2.04. The Morgan fingerprint density at radius 2 is 1.76 bits per heavy atom. The minimum atomic E-state index is -4.38. The second kappa shape index (κ2) is 5.51. The molecule has 1 aromatic carbocycles. The van der Waals surface area contributed by atoms with Gasteiger partial charge in [-0.1, -0.05) is 5.92 Å². The van der Waals surface area contributed by atoms with Gasteiger partial charge < -0.3 is 5.73 Å². The van der Waals surface area contributed by atoms with Crippen LogP contribution in [0.2, 0.25) is 0 Å². The van der Waals surface area contributed by atoms with Crippen molar-refractivity contribution in [3.8, 4) is 17.9 Å². The number of hydrogen-bond donors (Lipinski definition) is 1. The van der Waals surface area contributed by atoms with Gasteiger partial charge in [0.05, 0.1) is 11.8 Å². The van der Waals surface area contributed by atoms with E-state index in [1.165, 1.54) is 18.3 Å². The molecule has 1 aromatic heterocycles. The van der Waals surface area contributed by atoms with Crippen molar-refractivity contribution in [1.29, 1.82) is 5.26 Å². The van der Waals surface area contributed by atoms with Gasteiger partial charge in [0, 0.05) is 5.56 Å². The fourth-order valence-corrected chi connectivity index (χ4v) is 1.42.